The Morgan fingerprint density at radius 1 is 1.13 bits per heavy atom. The Kier molecular flexibility index (Phi) is 4.44. The first-order chi connectivity index (χ1) is 10.8. The standard InChI is InChI=1S/C15H14FNO6/c1-2-9-10(7-3-5-8(16)6-4-7)11(14(20)21)13(19)17(12(9)18)15(22)23/h3-6,9-11H,2H2,1H3,(H,20,21)(H,22,23). The Morgan fingerprint density at radius 2 is 1.70 bits per heavy atom. The smallest absolute Gasteiger partial charge is 0.421 e. The summed E-state index contributed by atoms with van der Waals surface area (Å²) in [6.45, 7) is 1.59. The number of hydrogen-bond acceptors (Lipinski definition) is 4. The predicted octanol–water partition coefficient (Wildman–Crippen LogP) is 1.68. The summed E-state index contributed by atoms with van der Waals surface area (Å²) in [5, 5.41) is 18.4. The maximum absolute atomic E-state index is 13.1. The first kappa shape index (κ1) is 16.6. The van der Waals surface area contributed by atoms with Crippen molar-refractivity contribution in [3.8, 4) is 0 Å². The molecule has 0 radical (unpaired) electrons. The minimum absolute atomic E-state index is 0.0347. The van der Waals surface area contributed by atoms with E-state index >= 15 is 0 Å². The Morgan fingerprint density at radius 3 is 2.13 bits per heavy atom. The van der Waals surface area contributed by atoms with Crippen LogP contribution in [0.1, 0.15) is 24.8 Å². The van der Waals surface area contributed by atoms with Gasteiger partial charge in [0.15, 0.2) is 0 Å². The predicted molar refractivity (Wildman–Crippen MR) is 73.9 cm³/mol. The van der Waals surface area contributed by atoms with Crippen molar-refractivity contribution in [2.24, 2.45) is 11.8 Å². The Balaban J connectivity index is 2.58. The lowest BCUT2D eigenvalue weighted by atomic mass is 9.71. The summed E-state index contributed by atoms with van der Waals surface area (Å²) in [5.74, 6) is -8.11. The SMILES string of the molecule is CCC1C(=O)N(C(=O)O)C(=O)C(C(=O)O)C1c1ccc(F)cc1. The van der Waals surface area contributed by atoms with Gasteiger partial charge in [0, 0.05) is 11.8 Å². The van der Waals surface area contributed by atoms with Crippen molar-refractivity contribution in [3.63, 3.8) is 0 Å². The van der Waals surface area contributed by atoms with Crippen molar-refractivity contribution in [1.29, 1.82) is 0 Å². The van der Waals surface area contributed by atoms with Gasteiger partial charge in [-0.25, -0.2) is 9.18 Å². The number of rotatable bonds is 3. The van der Waals surface area contributed by atoms with E-state index in [0.717, 1.165) is 12.1 Å². The van der Waals surface area contributed by atoms with E-state index < -0.39 is 47.4 Å². The summed E-state index contributed by atoms with van der Waals surface area (Å²) in [7, 11) is 0. The Bertz CT molecular complexity index is 671. The van der Waals surface area contributed by atoms with Gasteiger partial charge in [-0.1, -0.05) is 19.1 Å². The fourth-order valence-corrected chi connectivity index (χ4v) is 2.94. The van der Waals surface area contributed by atoms with E-state index in [1.54, 1.807) is 6.92 Å². The minimum atomic E-state index is -1.80. The maximum atomic E-state index is 13.1. The third-order valence-electron chi connectivity index (χ3n) is 3.97. The number of imide groups is 3. The normalized spacial score (nSPS) is 24.6. The summed E-state index contributed by atoms with van der Waals surface area (Å²) in [6.07, 6.45) is -1.66. The van der Waals surface area contributed by atoms with E-state index in [9.17, 15) is 28.7 Å². The van der Waals surface area contributed by atoms with E-state index in [0.29, 0.717) is 5.56 Å². The lowest BCUT2D eigenvalue weighted by molar-refractivity contribution is -0.161. The minimum Gasteiger partial charge on any atom is -0.481 e. The van der Waals surface area contributed by atoms with E-state index in [1.165, 1.54) is 12.1 Å². The van der Waals surface area contributed by atoms with Gasteiger partial charge >= 0.3 is 12.1 Å². The molecule has 1 heterocycles. The molecule has 3 atom stereocenters. The molecule has 8 heteroatoms. The van der Waals surface area contributed by atoms with Crippen LogP contribution in [0.3, 0.4) is 0 Å². The average Bonchev–Trinajstić information content (AvgIpc) is 2.46. The highest BCUT2D eigenvalue weighted by molar-refractivity contribution is 6.16. The highest BCUT2D eigenvalue weighted by Crippen LogP contribution is 2.40. The molecular weight excluding hydrogens is 309 g/mol. The molecule has 0 aromatic heterocycles. The number of nitrogens with zero attached hydrogens (tertiary/aromatic N) is 1. The Hall–Kier alpha value is -2.77. The fourth-order valence-electron chi connectivity index (χ4n) is 2.94. The summed E-state index contributed by atoms with van der Waals surface area (Å²) in [5.41, 5.74) is 0.303. The number of piperidine rings is 1. The van der Waals surface area contributed by atoms with Crippen molar-refractivity contribution < 1.29 is 33.8 Å². The number of carboxylic acid groups (broad SMARTS) is 2. The number of halogens is 1. The van der Waals surface area contributed by atoms with E-state index in [1.807, 2.05) is 0 Å². The second-order valence-corrected chi connectivity index (χ2v) is 5.20. The lowest BCUT2D eigenvalue weighted by Crippen LogP contribution is -2.57. The van der Waals surface area contributed by atoms with E-state index in [2.05, 4.69) is 0 Å². The molecule has 0 spiro atoms. The van der Waals surface area contributed by atoms with Crippen LogP contribution in [0.25, 0.3) is 0 Å². The molecule has 3 amide bonds. The van der Waals surface area contributed by atoms with Gasteiger partial charge < -0.3 is 10.2 Å². The van der Waals surface area contributed by atoms with Crippen LogP contribution in [0, 0.1) is 17.7 Å². The van der Waals surface area contributed by atoms with Crippen molar-refractivity contribution in [3.05, 3.63) is 35.6 Å². The molecular formula is C15H14FNO6. The molecule has 1 fully saturated rings. The molecule has 1 aliphatic rings. The summed E-state index contributed by atoms with van der Waals surface area (Å²) in [4.78, 5) is 47.1. The van der Waals surface area contributed by atoms with Gasteiger partial charge in [-0.15, -0.1) is 0 Å². The number of carboxylic acids is 1. The molecule has 2 rings (SSSR count). The van der Waals surface area contributed by atoms with Crippen LogP contribution >= 0.6 is 0 Å². The largest absolute Gasteiger partial charge is 0.481 e. The van der Waals surface area contributed by atoms with Crippen LogP contribution in [0.4, 0.5) is 9.18 Å². The van der Waals surface area contributed by atoms with Crippen molar-refractivity contribution in [2.45, 2.75) is 19.3 Å². The third kappa shape index (κ3) is 2.79. The van der Waals surface area contributed by atoms with Gasteiger partial charge in [-0.2, -0.15) is 4.90 Å². The summed E-state index contributed by atoms with van der Waals surface area (Å²) >= 11 is 0. The molecule has 3 unspecified atom stereocenters. The van der Waals surface area contributed by atoms with Gasteiger partial charge in [0.05, 0.1) is 0 Å². The molecule has 1 aliphatic heterocycles. The number of amides is 3. The molecule has 0 saturated carbocycles. The fraction of sp³-hybridized carbons (Fsp3) is 0.333. The number of likely N-dealkylation sites (tertiary alicyclic amines) is 1. The maximum Gasteiger partial charge on any atom is 0.421 e. The lowest BCUT2D eigenvalue weighted by Gasteiger charge is -2.37. The number of hydrogen-bond donors (Lipinski definition) is 2. The summed E-state index contributed by atoms with van der Waals surface area (Å²) < 4.78 is 13.1. The monoisotopic (exact) mass is 323 g/mol. The van der Waals surface area contributed by atoms with Gasteiger partial charge in [-0.3, -0.25) is 14.4 Å². The average molecular weight is 323 g/mol. The third-order valence-corrected chi connectivity index (χ3v) is 3.97. The van der Waals surface area contributed by atoms with Crippen LogP contribution in [-0.2, 0) is 14.4 Å². The number of carbonyl (C=O) groups is 4. The van der Waals surface area contributed by atoms with E-state index in [4.69, 9.17) is 5.11 Å². The molecule has 1 aromatic carbocycles. The highest BCUT2D eigenvalue weighted by atomic mass is 19.1. The number of benzene rings is 1. The molecule has 0 bridgehead atoms. The van der Waals surface area contributed by atoms with Crippen molar-refractivity contribution in [1.82, 2.24) is 4.90 Å². The van der Waals surface area contributed by atoms with E-state index in [-0.39, 0.29) is 11.3 Å². The zero-order valence-corrected chi connectivity index (χ0v) is 12.1. The number of carbonyl (C=O) groups excluding carboxylic acids is 2. The number of aliphatic carboxylic acids is 1. The first-order valence-electron chi connectivity index (χ1n) is 6.88. The van der Waals surface area contributed by atoms with Gasteiger partial charge in [0.2, 0.25) is 5.91 Å². The second kappa shape index (κ2) is 6.15. The van der Waals surface area contributed by atoms with Crippen LogP contribution in [0.15, 0.2) is 24.3 Å². The Labute approximate surface area is 130 Å². The van der Waals surface area contributed by atoms with Gasteiger partial charge in [0.1, 0.15) is 11.7 Å². The molecule has 7 nitrogen and oxygen atoms in total. The van der Waals surface area contributed by atoms with Crippen LogP contribution < -0.4 is 0 Å². The second-order valence-electron chi connectivity index (χ2n) is 5.20. The summed E-state index contributed by atoms with van der Waals surface area (Å²) in [6, 6.07) is 4.80. The highest BCUT2D eigenvalue weighted by Gasteiger charge is 2.53. The quantitative estimate of drug-likeness (QED) is 0.646. The van der Waals surface area contributed by atoms with Crippen LogP contribution in [0.2, 0.25) is 0 Å². The molecule has 2 N–H and O–H groups in total. The zero-order chi connectivity index (χ0) is 17.3. The van der Waals surface area contributed by atoms with Gasteiger partial charge in [0.25, 0.3) is 5.91 Å². The van der Waals surface area contributed by atoms with Crippen molar-refractivity contribution in [2.75, 3.05) is 0 Å². The van der Waals surface area contributed by atoms with Crippen molar-refractivity contribution >= 4 is 23.9 Å². The molecule has 122 valence electrons. The topological polar surface area (TPSA) is 112 Å². The molecule has 1 aromatic rings. The van der Waals surface area contributed by atoms with Gasteiger partial charge in [-0.05, 0) is 24.1 Å². The zero-order valence-electron chi connectivity index (χ0n) is 12.1. The van der Waals surface area contributed by atoms with Crippen LogP contribution in [0.5, 0.6) is 0 Å². The first-order valence-corrected chi connectivity index (χ1v) is 6.88. The molecule has 23 heavy (non-hydrogen) atoms. The molecule has 0 aliphatic carbocycles. The molecule has 1 saturated heterocycles. The van der Waals surface area contributed by atoms with Crippen LogP contribution in [-0.4, -0.2) is 39.0 Å².